The Morgan fingerprint density at radius 3 is 2.60 bits per heavy atom. The summed E-state index contributed by atoms with van der Waals surface area (Å²) in [6.45, 7) is -0.178. The highest BCUT2D eigenvalue weighted by atomic mass is 19.1. The molecule has 0 atom stereocenters. The number of ether oxygens (including phenoxy) is 2. The van der Waals surface area contributed by atoms with Crippen molar-refractivity contribution in [3.63, 3.8) is 0 Å². The van der Waals surface area contributed by atoms with Crippen LogP contribution in [0.2, 0.25) is 0 Å². The van der Waals surface area contributed by atoms with Crippen LogP contribution in [-0.2, 0) is 11.3 Å². The molecule has 0 unspecified atom stereocenters. The summed E-state index contributed by atoms with van der Waals surface area (Å²) in [5, 5.41) is 16.5. The van der Waals surface area contributed by atoms with Crippen LogP contribution in [0.1, 0.15) is 15.9 Å². The van der Waals surface area contributed by atoms with Crippen molar-refractivity contribution in [1.82, 2.24) is 5.32 Å². The summed E-state index contributed by atoms with van der Waals surface area (Å²) in [7, 11) is 2.77. The maximum absolute atomic E-state index is 14.0. The van der Waals surface area contributed by atoms with Gasteiger partial charge in [-0.1, -0.05) is 0 Å². The molecule has 0 spiro atoms. The number of carbonyl (C=O) groups excluding carboxylic acids is 1. The summed E-state index contributed by atoms with van der Waals surface area (Å²) >= 11 is 0. The number of methoxy groups -OCH3 is 1. The Kier molecular flexibility index (Phi) is 5.79. The van der Waals surface area contributed by atoms with Crippen LogP contribution < -0.4 is 10.1 Å². The van der Waals surface area contributed by atoms with Gasteiger partial charge in [-0.2, -0.15) is 0 Å². The van der Waals surface area contributed by atoms with Gasteiger partial charge in [0.05, 0.1) is 13.7 Å². The second-order valence-corrected chi connectivity index (χ2v) is 3.84. The zero-order valence-corrected chi connectivity index (χ0v) is 11.2. The Morgan fingerprint density at radius 2 is 2.10 bits per heavy atom. The summed E-state index contributed by atoms with van der Waals surface area (Å²) in [5.74, 6) is -1.07. The summed E-state index contributed by atoms with van der Waals surface area (Å²) in [6.07, 6.45) is 1.01. The van der Waals surface area contributed by atoms with Gasteiger partial charge in [0.15, 0.2) is 11.6 Å². The quantitative estimate of drug-likeness (QED) is 0.659. The lowest BCUT2D eigenvalue weighted by Crippen LogP contribution is -2.19. The normalized spacial score (nSPS) is 11.6. The van der Waals surface area contributed by atoms with Crippen LogP contribution in [0.15, 0.2) is 12.1 Å². The predicted molar refractivity (Wildman–Crippen MR) is 72.5 cm³/mol. The van der Waals surface area contributed by atoms with Gasteiger partial charge in [-0.15, -0.1) is 0 Å². The zero-order valence-electron chi connectivity index (χ0n) is 11.2. The van der Waals surface area contributed by atoms with Gasteiger partial charge in [0.1, 0.15) is 6.10 Å². The molecule has 0 aliphatic carbocycles. The molecule has 0 saturated carbocycles. The highest BCUT2D eigenvalue weighted by Gasteiger charge is 2.16. The van der Waals surface area contributed by atoms with Crippen molar-refractivity contribution in [3.05, 3.63) is 29.1 Å². The first-order valence-corrected chi connectivity index (χ1v) is 5.78. The van der Waals surface area contributed by atoms with Crippen molar-refractivity contribution in [3.8, 4) is 5.75 Å². The number of rotatable bonds is 7. The van der Waals surface area contributed by atoms with Gasteiger partial charge in [-0.05, 0) is 12.1 Å². The topological polar surface area (TPSA) is 95.3 Å². The summed E-state index contributed by atoms with van der Waals surface area (Å²) in [5.41, 5.74) is 0.363. The fourth-order valence-electron chi connectivity index (χ4n) is 1.51. The van der Waals surface area contributed by atoms with E-state index in [1.165, 1.54) is 26.3 Å². The van der Waals surface area contributed by atoms with Crippen LogP contribution in [0.4, 0.5) is 4.39 Å². The van der Waals surface area contributed by atoms with Crippen LogP contribution >= 0.6 is 0 Å². The average Bonchev–Trinajstić information content (AvgIpc) is 2.48. The van der Waals surface area contributed by atoms with E-state index >= 15 is 0 Å². The average molecular weight is 281 g/mol. The number of benzene rings is 1. The van der Waals surface area contributed by atoms with E-state index in [0.29, 0.717) is 0 Å². The van der Waals surface area contributed by atoms with E-state index in [0.717, 1.165) is 12.4 Å². The maximum Gasteiger partial charge on any atom is 0.251 e. The zero-order chi connectivity index (χ0) is 15.1. The minimum absolute atomic E-state index is 0.0639. The number of hydrogen-bond acceptors (Lipinski definition) is 5. The molecule has 1 amide bonds. The third-order valence-electron chi connectivity index (χ3n) is 2.58. The monoisotopic (exact) mass is 281 g/mol. The molecule has 1 aromatic rings. The number of halogens is 1. The fraction of sp³-hybridized carbons (Fsp3) is 0.308. The molecule has 20 heavy (non-hydrogen) atoms. The van der Waals surface area contributed by atoms with Crippen molar-refractivity contribution in [2.24, 2.45) is 0 Å². The summed E-state index contributed by atoms with van der Waals surface area (Å²) in [6, 6.07) is 2.64. The van der Waals surface area contributed by atoms with Gasteiger partial charge in [0.25, 0.3) is 5.91 Å². The molecule has 0 fully saturated rings. The molecular weight excluding hydrogens is 265 g/mol. The Morgan fingerprint density at radius 1 is 1.45 bits per heavy atom. The number of amides is 1. The standard InChI is InChI=1S/C13H16FN3O3/c1-17-13(18)8-3-9(7-20-10(5-15)6-16)12(14)11(4-8)19-2/h3-6,10,15-16H,7H2,1-2H3,(H,17,18). The van der Waals surface area contributed by atoms with E-state index in [4.69, 9.17) is 20.3 Å². The first-order chi connectivity index (χ1) is 9.57. The molecule has 1 rings (SSSR count). The molecule has 1 aromatic carbocycles. The Labute approximate surface area is 115 Å². The lowest BCUT2D eigenvalue weighted by atomic mass is 10.1. The highest BCUT2D eigenvalue weighted by Crippen LogP contribution is 2.24. The Balaban J connectivity index is 3.07. The minimum atomic E-state index is -0.830. The van der Waals surface area contributed by atoms with Crippen LogP contribution in [0.25, 0.3) is 0 Å². The first-order valence-electron chi connectivity index (χ1n) is 5.78. The van der Waals surface area contributed by atoms with Crippen LogP contribution in [0.5, 0.6) is 5.75 Å². The third kappa shape index (κ3) is 3.61. The smallest absolute Gasteiger partial charge is 0.251 e. The van der Waals surface area contributed by atoms with E-state index in [1.54, 1.807) is 0 Å². The van der Waals surface area contributed by atoms with Crippen molar-refractivity contribution in [2.75, 3.05) is 14.2 Å². The van der Waals surface area contributed by atoms with Gasteiger partial charge in [-0.3, -0.25) is 4.79 Å². The second kappa shape index (κ2) is 7.34. The molecule has 0 heterocycles. The van der Waals surface area contributed by atoms with Crippen molar-refractivity contribution >= 4 is 18.3 Å². The summed E-state index contributed by atoms with van der Waals surface area (Å²) in [4.78, 5) is 11.6. The number of hydrogen-bond donors (Lipinski definition) is 3. The lowest BCUT2D eigenvalue weighted by Gasteiger charge is -2.12. The van der Waals surface area contributed by atoms with Crippen molar-refractivity contribution in [2.45, 2.75) is 12.7 Å². The third-order valence-corrected chi connectivity index (χ3v) is 2.58. The van der Waals surface area contributed by atoms with E-state index in [2.05, 4.69) is 5.32 Å². The fourth-order valence-corrected chi connectivity index (χ4v) is 1.51. The van der Waals surface area contributed by atoms with Crippen LogP contribution in [-0.4, -0.2) is 38.6 Å². The SMILES string of the molecule is CNC(=O)c1cc(COC(C=N)C=N)c(F)c(OC)c1. The lowest BCUT2D eigenvalue weighted by molar-refractivity contribution is 0.0961. The van der Waals surface area contributed by atoms with Gasteiger partial charge >= 0.3 is 0 Å². The molecule has 0 saturated heterocycles. The van der Waals surface area contributed by atoms with E-state index in [9.17, 15) is 9.18 Å². The molecule has 108 valence electrons. The van der Waals surface area contributed by atoms with Crippen molar-refractivity contribution < 1.29 is 18.7 Å². The summed E-state index contributed by atoms with van der Waals surface area (Å²) < 4.78 is 24.1. The molecule has 0 aliphatic rings. The van der Waals surface area contributed by atoms with Crippen LogP contribution in [0, 0.1) is 16.6 Å². The van der Waals surface area contributed by atoms with Gasteiger partial charge in [0, 0.05) is 30.6 Å². The van der Waals surface area contributed by atoms with Gasteiger partial charge < -0.3 is 25.6 Å². The first kappa shape index (κ1) is 15.8. The Bertz CT molecular complexity index is 512. The van der Waals surface area contributed by atoms with Crippen LogP contribution in [0.3, 0.4) is 0 Å². The van der Waals surface area contributed by atoms with Crippen molar-refractivity contribution in [1.29, 1.82) is 10.8 Å². The molecule has 0 bridgehead atoms. The van der Waals surface area contributed by atoms with E-state index in [-0.39, 0.29) is 29.4 Å². The number of nitrogens with one attached hydrogen (secondary N) is 3. The Hall–Kier alpha value is -2.28. The van der Waals surface area contributed by atoms with Gasteiger partial charge in [-0.25, -0.2) is 4.39 Å². The predicted octanol–water partition coefficient (Wildman–Crippen LogP) is 1.38. The highest BCUT2D eigenvalue weighted by molar-refractivity contribution is 5.94. The molecule has 6 nitrogen and oxygen atoms in total. The molecule has 0 aliphatic heterocycles. The molecular formula is C13H16FN3O3. The minimum Gasteiger partial charge on any atom is -0.494 e. The van der Waals surface area contributed by atoms with E-state index in [1.807, 2.05) is 0 Å². The molecule has 3 N–H and O–H groups in total. The number of carbonyl (C=O) groups is 1. The molecule has 0 aromatic heterocycles. The maximum atomic E-state index is 14.0. The van der Waals surface area contributed by atoms with E-state index < -0.39 is 11.9 Å². The second-order valence-electron chi connectivity index (χ2n) is 3.84. The largest absolute Gasteiger partial charge is 0.494 e. The van der Waals surface area contributed by atoms with Gasteiger partial charge in [0.2, 0.25) is 0 Å². The molecule has 7 heteroatoms. The molecule has 0 radical (unpaired) electrons.